The fourth-order valence-electron chi connectivity index (χ4n) is 1.07. The monoisotopic (exact) mass is 287 g/mol. The summed E-state index contributed by atoms with van der Waals surface area (Å²) in [4.78, 5) is 25.9. The largest absolute Gasteiger partial charge is 0.365 e. The minimum Gasteiger partial charge on any atom is -0.365 e. The number of carbonyl (C=O) groups is 1. The van der Waals surface area contributed by atoms with Crippen molar-refractivity contribution in [3.63, 3.8) is 0 Å². The SMILES string of the molecule is CC(C)C(N)C(=O)Nc1c[nH]cc(Br)c1=O. The zero-order valence-corrected chi connectivity index (χ0v) is 10.7. The van der Waals surface area contributed by atoms with Crippen LogP contribution in [-0.4, -0.2) is 16.9 Å². The number of hydrogen-bond donors (Lipinski definition) is 3. The van der Waals surface area contributed by atoms with E-state index in [4.69, 9.17) is 5.73 Å². The Labute approximate surface area is 102 Å². The van der Waals surface area contributed by atoms with E-state index in [2.05, 4.69) is 26.2 Å². The minimum atomic E-state index is -0.626. The third kappa shape index (κ3) is 2.93. The Hall–Kier alpha value is -1.14. The highest BCUT2D eigenvalue weighted by molar-refractivity contribution is 9.10. The molecule has 0 saturated heterocycles. The van der Waals surface area contributed by atoms with Crippen LogP contribution in [0.3, 0.4) is 0 Å². The minimum absolute atomic E-state index is 0.0197. The molecule has 0 saturated carbocycles. The van der Waals surface area contributed by atoms with Gasteiger partial charge in [-0.05, 0) is 21.8 Å². The van der Waals surface area contributed by atoms with Crippen molar-refractivity contribution >= 4 is 27.5 Å². The summed E-state index contributed by atoms with van der Waals surface area (Å²) >= 11 is 3.08. The van der Waals surface area contributed by atoms with Gasteiger partial charge in [0.1, 0.15) is 5.69 Å². The molecule has 1 unspecified atom stereocenters. The van der Waals surface area contributed by atoms with Crippen molar-refractivity contribution in [1.82, 2.24) is 4.98 Å². The lowest BCUT2D eigenvalue weighted by Gasteiger charge is -2.14. The highest BCUT2D eigenvalue weighted by atomic mass is 79.9. The van der Waals surface area contributed by atoms with Gasteiger partial charge in [0.2, 0.25) is 11.3 Å². The maximum Gasteiger partial charge on any atom is 0.241 e. The fraction of sp³-hybridized carbons (Fsp3) is 0.400. The summed E-state index contributed by atoms with van der Waals surface area (Å²) in [5.41, 5.74) is 5.58. The average molecular weight is 288 g/mol. The van der Waals surface area contributed by atoms with Crippen molar-refractivity contribution in [2.75, 3.05) is 5.32 Å². The van der Waals surface area contributed by atoms with E-state index in [9.17, 15) is 9.59 Å². The van der Waals surface area contributed by atoms with Gasteiger partial charge in [-0.25, -0.2) is 0 Å². The maximum absolute atomic E-state index is 11.6. The van der Waals surface area contributed by atoms with Crippen LogP contribution in [0.4, 0.5) is 5.69 Å². The highest BCUT2D eigenvalue weighted by Gasteiger charge is 2.18. The summed E-state index contributed by atoms with van der Waals surface area (Å²) in [7, 11) is 0. The Morgan fingerprint density at radius 2 is 2.12 bits per heavy atom. The first kappa shape index (κ1) is 12.9. The van der Waals surface area contributed by atoms with Crippen molar-refractivity contribution in [3.8, 4) is 0 Å². The normalized spacial score (nSPS) is 12.6. The van der Waals surface area contributed by atoms with Gasteiger partial charge < -0.3 is 16.0 Å². The van der Waals surface area contributed by atoms with Crippen molar-refractivity contribution < 1.29 is 4.79 Å². The van der Waals surface area contributed by atoms with Crippen molar-refractivity contribution in [3.05, 3.63) is 27.1 Å². The van der Waals surface area contributed by atoms with E-state index >= 15 is 0 Å². The molecule has 16 heavy (non-hydrogen) atoms. The topological polar surface area (TPSA) is 88.0 Å². The van der Waals surface area contributed by atoms with E-state index in [1.165, 1.54) is 12.4 Å². The van der Waals surface area contributed by atoms with Gasteiger partial charge in [-0.3, -0.25) is 9.59 Å². The van der Waals surface area contributed by atoms with E-state index in [1.807, 2.05) is 13.8 Å². The lowest BCUT2D eigenvalue weighted by molar-refractivity contribution is -0.118. The molecule has 0 aliphatic heterocycles. The number of carbonyl (C=O) groups excluding carboxylic acids is 1. The molecular formula is C10H14BrN3O2. The Bertz CT molecular complexity index is 442. The molecule has 0 bridgehead atoms. The number of pyridine rings is 1. The third-order valence-electron chi connectivity index (χ3n) is 2.18. The first-order valence-corrected chi connectivity index (χ1v) is 5.65. The molecule has 88 valence electrons. The summed E-state index contributed by atoms with van der Waals surface area (Å²) < 4.78 is 0.364. The first-order chi connectivity index (χ1) is 7.43. The number of H-pyrrole nitrogens is 1. The molecule has 1 aromatic rings. The molecule has 0 radical (unpaired) electrons. The predicted molar refractivity (Wildman–Crippen MR) is 66.2 cm³/mol. The van der Waals surface area contributed by atoms with Gasteiger partial charge in [0, 0.05) is 12.4 Å². The van der Waals surface area contributed by atoms with Crippen molar-refractivity contribution in [2.45, 2.75) is 19.9 Å². The number of anilines is 1. The van der Waals surface area contributed by atoms with Crippen LogP contribution in [0.1, 0.15) is 13.8 Å². The average Bonchev–Trinajstić information content (AvgIpc) is 2.23. The third-order valence-corrected chi connectivity index (χ3v) is 2.77. The molecule has 6 heteroatoms. The molecule has 1 aromatic heterocycles. The lowest BCUT2D eigenvalue weighted by Crippen LogP contribution is -2.40. The maximum atomic E-state index is 11.6. The van der Waals surface area contributed by atoms with Gasteiger partial charge in [-0.2, -0.15) is 0 Å². The number of amides is 1. The smallest absolute Gasteiger partial charge is 0.241 e. The van der Waals surface area contributed by atoms with Crippen LogP contribution in [0.15, 0.2) is 21.7 Å². The van der Waals surface area contributed by atoms with Crippen LogP contribution in [0, 0.1) is 5.92 Å². The van der Waals surface area contributed by atoms with E-state index in [1.54, 1.807) is 0 Å². The number of halogens is 1. The molecule has 1 atom stereocenters. The van der Waals surface area contributed by atoms with Gasteiger partial charge in [-0.1, -0.05) is 13.8 Å². The van der Waals surface area contributed by atoms with Crippen LogP contribution in [0.25, 0.3) is 0 Å². The molecule has 0 spiro atoms. The zero-order valence-electron chi connectivity index (χ0n) is 9.08. The quantitative estimate of drug-likeness (QED) is 0.777. The fourth-order valence-corrected chi connectivity index (χ4v) is 1.42. The van der Waals surface area contributed by atoms with Crippen LogP contribution in [0.5, 0.6) is 0 Å². The molecule has 0 aromatic carbocycles. The lowest BCUT2D eigenvalue weighted by atomic mass is 10.1. The van der Waals surface area contributed by atoms with Gasteiger partial charge in [0.25, 0.3) is 0 Å². The van der Waals surface area contributed by atoms with Crippen LogP contribution >= 0.6 is 15.9 Å². The van der Waals surface area contributed by atoms with Gasteiger partial charge >= 0.3 is 0 Å². The molecule has 1 amide bonds. The number of nitrogens with one attached hydrogen (secondary N) is 2. The Balaban J connectivity index is 2.86. The second kappa shape index (κ2) is 5.27. The van der Waals surface area contributed by atoms with E-state index < -0.39 is 6.04 Å². The van der Waals surface area contributed by atoms with E-state index in [0.717, 1.165) is 0 Å². The molecule has 4 N–H and O–H groups in total. The Morgan fingerprint density at radius 3 is 2.69 bits per heavy atom. The second-order valence-electron chi connectivity index (χ2n) is 3.81. The van der Waals surface area contributed by atoms with Crippen molar-refractivity contribution in [2.24, 2.45) is 11.7 Å². The summed E-state index contributed by atoms with van der Waals surface area (Å²) in [6.45, 7) is 3.69. The summed E-state index contributed by atoms with van der Waals surface area (Å²) in [6, 6.07) is -0.626. The van der Waals surface area contributed by atoms with Crippen LogP contribution in [0.2, 0.25) is 0 Å². The Morgan fingerprint density at radius 1 is 1.50 bits per heavy atom. The van der Waals surface area contributed by atoms with Gasteiger partial charge in [0.05, 0.1) is 10.5 Å². The summed E-state index contributed by atoms with van der Waals surface area (Å²) in [6.07, 6.45) is 2.93. The van der Waals surface area contributed by atoms with Gasteiger partial charge in [-0.15, -0.1) is 0 Å². The highest BCUT2D eigenvalue weighted by Crippen LogP contribution is 2.07. The molecule has 0 aliphatic carbocycles. The first-order valence-electron chi connectivity index (χ1n) is 4.86. The van der Waals surface area contributed by atoms with Gasteiger partial charge in [0.15, 0.2) is 0 Å². The molecule has 1 heterocycles. The van der Waals surface area contributed by atoms with Crippen LogP contribution < -0.4 is 16.5 Å². The number of aromatic nitrogens is 1. The number of rotatable bonds is 3. The van der Waals surface area contributed by atoms with Crippen molar-refractivity contribution in [1.29, 1.82) is 0 Å². The second-order valence-corrected chi connectivity index (χ2v) is 4.66. The summed E-state index contributed by atoms with van der Waals surface area (Å²) in [5.74, 6) is -0.343. The van der Waals surface area contributed by atoms with E-state index in [0.29, 0.717) is 4.47 Å². The van der Waals surface area contributed by atoms with Crippen LogP contribution in [-0.2, 0) is 4.79 Å². The molecule has 0 fully saturated rings. The number of hydrogen-bond acceptors (Lipinski definition) is 3. The Kier molecular flexibility index (Phi) is 4.26. The van der Waals surface area contributed by atoms with E-state index in [-0.39, 0.29) is 22.9 Å². The molecule has 0 aliphatic rings. The number of aromatic amines is 1. The molecular weight excluding hydrogens is 274 g/mol. The zero-order chi connectivity index (χ0) is 12.3. The molecule has 1 rings (SSSR count). The standard InChI is InChI=1S/C10H14BrN3O2/c1-5(2)8(12)10(16)14-7-4-13-3-6(11)9(7)15/h3-5,8H,12H2,1-2H3,(H,13,15)(H,14,16). The molecule has 5 nitrogen and oxygen atoms in total. The summed E-state index contributed by atoms with van der Waals surface area (Å²) in [5, 5.41) is 2.49. The predicted octanol–water partition coefficient (Wildman–Crippen LogP) is 1.06. The number of nitrogens with two attached hydrogens (primary N) is 1.